The van der Waals surface area contributed by atoms with Crippen LogP contribution in [0.3, 0.4) is 0 Å². The first-order valence-corrected chi connectivity index (χ1v) is 9.23. The summed E-state index contributed by atoms with van der Waals surface area (Å²) >= 11 is 0. The Morgan fingerprint density at radius 3 is 2.82 bits per heavy atom. The van der Waals surface area contributed by atoms with E-state index >= 15 is 0 Å². The summed E-state index contributed by atoms with van der Waals surface area (Å²) in [5.41, 5.74) is 2.53. The first-order valence-electron chi connectivity index (χ1n) is 9.23. The summed E-state index contributed by atoms with van der Waals surface area (Å²) in [6.45, 7) is 3.23. The highest BCUT2D eigenvalue weighted by molar-refractivity contribution is 6.01. The number of carbonyl (C=O) groups excluding carboxylic acids is 1. The molecule has 0 unspecified atom stereocenters. The zero-order chi connectivity index (χ0) is 19.9. The minimum atomic E-state index is -0.291. The van der Waals surface area contributed by atoms with Crippen LogP contribution in [0.1, 0.15) is 24.5 Å². The van der Waals surface area contributed by atoms with Gasteiger partial charge in [0.05, 0.1) is 19.4 Å². The van der Waals surface area contributed by atoms with E-state index in [2.05, 4.69) is 10.5 Å². The van der Waals surface area contributed by atoms with Gasteiger partial charge in [-0.05, 0) is 42.3 Å². The predicted octanol–water partition coefficient (Wildman–Crippen LogP) is 3.56. The van der Waals surface area contributed by atoms with Gasteiger partial charge in [0.15, 0.2) is 6.10 Å². The van der Waals surface area contributed by atoms with Gasteiger partial charge in [0.2, 0.25) is 0 Å². The Morgan fingerprint density at radius 2 is 2.11 bits per heavy atom. The second-order valence-corrected chi connectivity index (χ2v) is 6.54. The van der Waals surface area contributed by atoms with Gasteiger partial charge in [-0.2, -0.15) is 0 Å². The number of rotatable bonds is 7. The molecular formula is C21H24FN3O3. The van der Waals surface area contributed by atoms with E-state index in [1.54, 1.807) is 24.1 Å². The Bertz CT molecular complexity index is 839. The minimum absolute atomic E-state index is 0.163. The molecule has 0 aliphatic carbocycles. The lowest BCUT2D eigenvalue weighted by atomic mass is 10.0. The topological polar surface area (TPSA) is 63.2 Å². The molecule has 0 saturated carbocycles. The molecule has 1 aliphatic heterocycles. The van der Waals surface area contributed by atoms with Crippen molar-refractivity contribution >= 4 is 11.7 Å². The fourth-order valence-electron chi connectivity index (χ4n) is 3.06. The summed E-state index contributed by atoms with van der Waals surface area (Å²) in [4.78, 5) is 19.8. The number of carbonyl (C=O) groups is 1. The van der Waals surface area contributed by atoms with Crippen molar-refractivity contribution in [1.82, 2.24) is 10.2 Å². The third-order valence-corrected chi connectivity index (χ3v) is 4.46. The van der Waals surface area contributed by atoms with Crippen LogP contribution in [0.25, 0.3) is 0 Å². The number of urea groups is 1. The lowest BCUT2D eigenvalue weighted by Gasteiger charge is -2.25. The number of hydrogen-bond acceptors (Lipinski definition) is 4. The van der Waals surface area contributed by atoms with E-state index in [0.29, 0.717) is 26.1 Å². The molecule has 1 heterocycles. The molecule has 0 aromatic heterocycles. The number of ether oxygens (including phenoxy) is 1. The maximum atomic E-state index is 13.1. The van der Waals surface area contributed by atoms with Gasteiger partial charge in [0, 0.05) is 19.5 Å². The Balaban J connectivity index is 1.66. The largest absolute Gasteiger partial charge is 0.497 e. The van der Waals surface area contributed by atoms with Gasteiger partial charge in [-0.15, -0.1) is 0 Å². The number of hydrogen-bond donors (Lipinski definition) is 1. The number of halogens is 1. The highest BCUT2D eigenvalue weighted by atomic mass is 19.1. The van der Waals surface area contributed by atoms with E-state index in [9.17, 15) is 9.18 Å². The number of benzene rings is 2. The van der Waals surface area contributed by atoms with E-state index in [4.69, 9.17) is 9.57 Å². The van der Waals surface area contributed by atoms with Gasteiger partial charge in [-0.25, -0.2) is 9.18 Å². The molecule has 2 aromatic rings. The van der Waals surface area contributed by atoms with E-state index in [-0.39, 0.29) is 18.0 Å². The van der Waals surface area contributed by atoms with Crippen molar-refractivity contribution in [2.24, 2.45) is 5.16 Å². The van der Waals surface area contributed by atoms with Crippen LogP contribution in [0, 0.1) is 5.82 Å². The molecular weight excluding hydrogens is 361 g/mol. The number of amides is 2. The average Bonchev–Trinajstić information content (AvgIpc) is 3.17. The minimum Gasteiger partial charge on any atom is -0.497 e. The molecule has 1 aliphatic rings. The number of oxime groups is 1. The zero-order valence-corrected chi connectivity index (χ0v) is 16.0. The van der Waals surface area contributed by atoms with E-state index < -0.39 is 0 Å². The SMILES string of the molecule is CCNC(=O)N(Cc1cccc(OC)c1)C[C@@H]1CC(c2ccc(F)cc2)=NO1. The summed E-state index contributed by atoms with van der Waals surface area (Å²) < 4.78 is 18.4. The maximum absolute atomic E-state index is 13.1. The average molecular weight is 385 g/mol. The highest BCUT2D eigenvalue weighted by Crippen LogP contribution is 2.20. The van der Waals surface area contributed by atoms with Crippen LogP contribution in [-0.4, -0.2) is 42.9 Å². The third-order valence-electron chi connectivity index (χ3n) is 4.46. The molecule has 0 fully saturated rings. The molecule has 0 radical (unpaired) electrons. The Labute approximate surface area is 163 Å². The van der Waals surface area contributed by atoms with Crippen molar-refractivity contribution in [3.63, 3.8) is 0 Å². The normalized spacial score (nSPS) is 15.5. The van der Waals surface area contributed by atoms with Crippen LogP contribution in [0.15, 0.2) is 53.7 Å². The van der Waals surface area contributed by atoms with Crippen molar-refractivity contribution in [2.45, 2.75) is 26.0 Å². The third kappa shape index (κ3) is 5.00. The van der Waals surface area contributed by atoms with Crippen molar-refractivity contribution in [2.75, 3.05) is 20.2 Å². The van der Waals surface area contributed by atoms with E-state index in [0.717, 1.165) is 22.6 Å². The van der Waals surface area contributed by atoms with E-state index in [1.165, 1.54) is 12.1 Å². The summed E-state index contributed by atoms with van der Waals surface area (Å²) in [5, 5.41) is 6.96. The van der Waals surface area contributed by atoms with Crippen LogP contribution in [-0.2, 0) is 11.4 Å². The van der Waals surface area contributed by atoms with Gasteiger partial charge in [0.25, 0.3) is 0 Å². The van der Waals surface area contributed by atoms with Crippen LogP contribution in [0.4, 0.5) is 9.18 Å². The Morgan fingerprint density at radius 1 is 1.32 bits per heavy atom. The van der Waals surface area contributed by atoms with Gasteiger partial charge in [-0.1, -0.05) is 29.4 Å². The molecule has 3 rings (SSSR count). The molecule has 28 heavy (non-hydrogen) atoms. The van der Waals surface area contributed by atoms with Crippen molar-refractivity contribution in [3.05, 3.63) is 65.5 Å². The first kappa shape index (κ1) is 19.7. The molecule has 7 heteroatoms. The molecule has 2 amide bonds. The molecule has 0 saturated heterocycles. The Kier molecular flexibility index (Phi) is 6.47. The molecule has 0 spiro atoms. The van der Waals surface area contributed by atoms with Crippen LogP contribution >= 0.6 is 0 Å². The fraction of sp³-hybridized carbons (Fsp3) is 0.333. The second kappa shape index (κ2) is 9.21. The quantitative estimate of drug-likeness (QED) is 0.793. The van der Waals surface area contributed by atoms with Crippen LogP contribution in [0.5, 0.6) is 5.75 Å². The number of methoxy groups -OCH3 is 1. The molecule has 2 aromatic carbocycles. The summed E-state index contributed by atoms with van der Waals surface area (Å²) in [6, 6.07) is 13.6. The number of nitrogens with one attached hydrogen (secondary N) is 1. The van der Waals surface area contributed by atoms with Crippen LogP contribution < -0.4 is 10.1 Å². The van der Waals surface area contributed by atoms with Crippen LogP contribution in [0.2, 0.25) is 0 Å². The lowest BCUT2D eigenvalue weighted by molar-refractivity contribution is 0.0590. The maximum Gasteiger partial charge on any atom is 0.317 e. The lowest BCUT2D eigenvalue weighted by Crippen LogP contribution is -2.43. The van der Waals surface area contributed by atoms with E-state index in [1.807, 2.05) is 31.2 Å². The van der Waals surface area contributed by atoms with Gasteiger partial charge in [-0.3, -0.25) is 0 Å². The summed E-state index contributed by atoms with van der Waals surface area (Å²) in [6.07, 6.45) is 0.299. The monoisotopic (exact) mass is 385 g/mol. The van der Waals surface area contributed by atoms with Crippen molar-refractivity contribution in [3.8, 4) is 5.75 Å². The smallest absolute Gasteiger partial charge is 0.317 e. The second-order valence-electron chi connectivity index (χ2n) is 6.54. The molecule has 0 bridgehead atoms. The molecule has 148 valence electrons. The summed E-state index contributed by atoms with van der Waals surface area (Å²) in [5.74, 6) is 0.452. The standard InChI is InChI=1S/C21H24FN3O3/c1-3-23-21(26)25(13-15-5-4-6-18(11-15)27-2)14-19-12-20(24-28-19)16-7-9-17(22)10-8-16/h4-11,19H,3,12-14H2,1-2H3,(H,23,26)/t19-/m0/s1. The van der Waals surface area contributed by atoms with Gasteiger partial charge < -0.3 is 19.8 Å². The van der Waals surface area contributed by atoms with Crippen molar-refractivity contribution in [1.29, 1.82) is 0 Å². The van der Waals surface area contributed by atoms with Gasteiger partial charge in [0.1, 0.15) is 11.6 Å². The zero-order valence-electron chi connectivity index (χ0n) is 16.0. The van der Waals surface area contributed by atoms with Gasteiger partial charge >= 0.3 is 6.03 Å². The fourth-order valence-corrected chi connectivity index (χ4v) is 3.06. The molecule has 1 atom stereocenters. The first-order chi connectivity index (χ1) is 13.6. The van der Waals surface area contributed by atoms with Crippen molar-refractivity contribution < 1.29 is 18.8 Å². The Hall–Kier alpha value is -3.09. The molecule has 6 nitrogen and oxygen atoms in total. The summed E-state index contributed by atoms with van der Waals surface area (Å²) in [7, 11) is 1.61. The highest BCUT2D eigenvalue weighted by Gasteiger charge is 2.26. The predicted molar refractivity (Wildman–Crippen MR) is 105 cm³/mol. The molecule has 1 N–H and O–H groups in total. The number of nitrogens with zero attached hydrogens (tertiary/aromatic N) is 2.